The maximum absolute atomic E-state index is 11.9. The number of aromatic nitrogens is 3. The van der Waals surface area contributed by atoms with E-state index >= 15 is 0 Å². The molecule has 22 heavy (non-hydrogen) atoms. The highest BCUT2D eigenvalue weighted by Crippen LogP contribution is 2.29. The highest BCUT2D eigenvalue weighted by atomic mass is 79.9. The molecule has 3 heterocycles. The van der Waals surface area contributed by atoms with Gasteiger partial charge in [0.25, 0.3) is 5.56 Å². The van der Waals surface area contributed by atoms with Gasteiger partial charge >= 0.3 is 5.69 Å². The molecule has 10 heteroatoms. The van der Waals surface area contributed by atoms with E-state index in [2.05, 4.69) is 26.0 Å². The first kappa shape index (κ1) is 15.6. The molecule has 1 fully saturated rings. The van der Waals surface area contributed by atoms with Crippen molar-refractivity contribution in [2.24, 2.45) is 0 Å². The fraction of sp³-hybridized carbons (Fsp3) is 0.417. The maximum Gasteiger partial charge on any atom is 0.347 e. The molecule has 8 nitrogen and oxygen atoms in total. The second-order valence-electron chi connectivity index (χ2n) is 4.77. The van der Waals surface area contributed by atoms with Crippen LogP contribution in [-0.4, -0.2) is 43.8 Å². The molecule has 0 amide bonds. The zero-order valence-electron chi connectivity index (χ0n) is 11.1. The molecular weight excluding hydrogens is 378 g/mol. The summed E-state index contributed by atoms with van der Waals surface area (Å²) in [4.78, 5) is 26.7. The number of aromatic amines is 1. The molecule has 0 bridgehead atoms. The van der Waals surface area contributed by atoms with Crippen molar-refractivity contribution >= 4 is 27.3 Å². The Balaban J connectivity index is 2.03. The summed E-state index contributed by atoms with van der Waals surface area (Å²) < 4.78 is 7.22. The molecule has 1 saturated heterocycles. The molecular formula is C12H12BrN3O5S. The highest BCUT2D eigenvalue weighted by Gasteiger charge is 2.36. The Morgan fingerprint density at radius 3 is 2.86 bits per heavy atom. The van der Waals surface area contributed by atoms with Crippen molar-refractivity contribution in [2.45, 2.75) is 24.9 Å². The second-order valence-corrected chi connectivity index (χ2v) is 7.23. The summed E-state index contributed by atoms with van der Waals surface area (Å²) in [6, 6.07) is 3.48. The van der Waals surface area contributed by atoms with Crippen molar-refractivity contribution in [3.63, 3.8) is 0 Å². The quantitative estimate of drug-likeness (QED) is 0.683. The fourth-order valence-electron chi connectivity index (χ4n) is 2.24. The van der Waals surface area contributed by atoms with Gasteiger partial charge in [0.2, 0.25) is 0 Å². The predicted octanol–water partition coefficient (Wildman–Crippen LogP) is 0.0633. The number of H-pyrrole nitrogens is 1. The van der Waals surface area contributed by atoms with Gasteiger partial charge in [-0.05, 0) is 28.1 Å². The van der Waals surface area contributed by atoms with Crippen LogP contribution in [0.25, 0.3) is 10.6 Å². The fourth-order valence-corrected chi connectivity index (χ4v) is 3.61. The molecule has 1 aliphatic heterocycles. The molecule has 0 aromatic carbocycles. The predicted molar refractivity (Wildman–Crippen MR) is 81.8 cm³/mol. The van der Waals surface area contributed by atoms with Crippen LogP contribution in [0.2, 0.25) is 0 Å². The summed E-state index contributed by atoms with van der Waals surface area (Å²) in [5.74, 6) is 0. The topological polar surface area (TPSA) is 117 Å². The highest BCUT2D eigenvalue weighted by molar-refractivity contribution is 9.11. The van der Waals surface area contributed by atoms with Gasteiger partial charge in [-0.1, -0.05) is 0 Å². The number of aliphatic hydroxyl groups is 2. The average molecular weight is 390 g/mol. The molecule has 3 atom stereocenters. The van der Waals surface area contributed by atoms with E-state index in [-0.39, 0.29) is 18.7 Å². The molecule has 3 N–H and O–H groups in total. The molecule has 0 radical (unpaired) electrons. The van der Waals surface area contributed by atoms with E-state index < -0.39 is 29.7 Å². The van der Waals surface area contributed by atoms with Gasteiger partial charge in [0.05, 0.1) is 21.4 Å². The Bertz CT molecular complexity index is 801. The third kappa shape index (κ3) is 2.79. The van der Waals surface area contributed by atoms with Gasteiger partial charge in [0.15, 0.2) is 11.9 Å². The lowest BCUT2D eigenvalue weighted by molar-refractivity contribution is -0.0505. The number of rotatable bonds is 3. The van der Waals surface area contributed by atoms with E-state index in [1.165, 1.54) is 11.3 Å². The van der Waals surface area contributed by atoms with Gasteiger partial charge in [-0.2, -0.15) is 9.78 Å². The summed E-state index contributed by atoms with van der Waals surface area (Å²) in [6.45, 7) is -0.361. The van der Waals surface area contributed by atoms with E-state index in [0.29, 0.717) is 4.88 Å². The number of nitrogens with zero attached hydrogens (tertiary/aromatic N) is 2. The third-order valence-corrected chi connectivity index (χ3v) is 4.95. The lowest BCUT2D eigenvalue weighted by Gasteiger charge is -2.13. The monoisotopic (exact) mass is 389 g/mol. The maximum atomic E-state index is 11.9. The molecule has 3 rings (SSSR count). The summed E-state index contributed by atoms with van der Waals surface area (Å²) in [5, 5.41) is 22.9. The summed E-state index contributed by atoms with van der Waals surface area (Å²) >= 11 is 4.61. The van der Waals surface area contributed by atoms with E-state index in [1.54, 1.807) is 12.1 Å². The number of hydrogen-bond donors (Lipinski definition) is 3. The standard InChI is InChI=1S/C12H12BrN3O5S/c13-8-2-1-7(22-8)10-11(19)14-12(20)16(15-10)9-3-5(18)6(4-17)21-9/h1-2,5-6,9,17-18H,3-4H2,(H,14,19,20)/t5-,6+,9+/m0/s1. The van der Waals surface area contributed by atoms with Crippen LogP contribution in [0.3, 0.4) is 0 Å². The molecule has 0 spiro atoms. The minimum atomic E-state index is -0.894. The summed E-state index contributed by atoms with van der Waals surface area (Å²) in [7, 11) is 0. The van der Waals surface area contributed by atoms with Gasteiger partial charge in [-0.15, -0.1) is 11.3 Å². The van der Waals surface area contributed by atoms with Crippen LogP contribution in [-0.2, 0) is 4.74 Å². The Hall–Kier alpha value is -1.33. The van der Waals surface area contributed by atoms with Crippen LogP contribution in [0, 0.1) is 0 Å². The van der Waals surface area contributed by atoms with Crippen LogP contribution in [0.4, 0.5) is 0 Å². The molecule has 0 aliphatic carbocycles. The Kier molecular flexibility index (Phi) is 4.28. The molecule has 2 aromatic rings. The molecule has 118 valence electrons. The zero-order valence-corrected chi connectivity index (χ0v) is 13.5. The smallest absolute Gasteiger partial charge is 0.347 e. The van der Waals surface area contributed by atoms with E-state index in [0.717, 1.165) is 8.47 Å². The van der Waals surface area contributed by atoms with Gasteiger partial charge in [0.1, 0.15) is 6.10 Å². The zero-order chi connectivity index (χ0) is 15.9. The lowest BCUT2D eigenvalue weighted by atomic mass is 10.2. The molecule has 0 saturated carbocycles. The van der Waals surface area contributed by atoms with Crippen molar-refractivity contribution in [3.05, 3.63) is 36.8 Å². The Morgan fingerprint density at radius 1 is 1.50 bits per heavy atom. The van der Waals surface area contributed by atoms with E-state index in [4.69, 9.17) is 9.84 Å². The van der Waals surface area contributed by atoms with Crippen molar-refractivity contribution in [1.29, 1.82) is 0 Å². The van der Waals surface area contributed by atoms with E-state index in [9.17, 15) is 14.7 Å². The molecule has 0 unspecified atom stereocenters. The van der Waals surface area contributed by atoms with Crippen molar-refractivity contribution in [1.82, 2.24) is 14.8 Å². The largest absolute Gasteiger partial charge is 0.394 e. The van der Waals surface area contributed by atoms with Gasteiger partial charge in [-0.25, -0.2) is 4.79 Å². The number of thiophene rings is 1. The molecule has 1 aliphatic rings. The third-order valence-electron chi connectivity index (χ3n) is 3.31. The minimum absolute atomic E-state index is 0.0980. The second kappa shape index (κ2) is 6.05. The minimum Gasteiger partial charge on any atom is -0.394 e. The van der Waals surface area contributed by atoms with Crippen LogP contribution in [0.5, 0.6) is 0 Å². The van der Waals surface area contributed by atoms with Gasteiger partial charge in [0, 0.05) is 6.42 Å². The number of hydrogen-bond acceptors (Lipinski definition) is 7. The van der Waals surface area contributed by atoms with Crippen LogP contribution in [0.15, 0.2) is 25.5 Å². The number of aliphatic hydroxyl groups excluding tert-OH is 2. The Morgan fingerprint density at radius 2 is 2.27 bits per heavy atom. The number of halogens is 1. The lowest BCUT2D eigenvalue weighted by Crippen LogP contribution is -2.36. The normalized spacial score (nSPS) is 24.8. The first-order chi connectivity index (χ1) is 10.5. The summed E-state index contributed by atoms with van der Waals surface area (Å²) in [6.07, 6.45) is -2.39. The average Bonchev–Trinajstić information content (AvgIpc) is 3.05. The van der Waals surface area contributed by atoms with Crippen LogP contribution >= 0.6 is 27.3 Å². The van der Waals surface area contributed by atoms with Gasteiger partial charge < -0.3 is 14.9 Å². The first-order valence-electron chi connectivity index (χ1n) is 6.43. The van der Waals surface area contributed by atoms with Gasteiger partial charge in [-0.3, -0.25) is 9.78 Å². The van der Waals surface area contributed by atoms with E-state index in [1.807, 2.05) is 0 Å². The summed E-state index contributed by atoms with van der Waals surface area (Å²) in [5.41, 5.74) is -1.21. The SMILES string of the molecule is O=c1[nH]c(=O)n([C@H]2C[C@H](O)[C@@H](CO)O2)nc1-c1ccc(Br)s1. The van der Waals surface area contributed by atoms with Crippen LogP contribution < -0.4 is 11.2 Å². The number of nitrogens with one attached hydrogen (secondary N) is 1. The molecule has 2 aromatic heterocycles. The van der Waals surface area contributed by atoms with Crippen LogP contribution in [0.1, 0.15) is 12.6 Å². The van der Waals surface area contributed by atoms with Crippen molar-refractivity contribution in [3.8, 4) is 10.6 Å². The first-order valence-corrected chi connectivity index (χ1v) is 8.03. The van der Waals surface area contributed by atoms with Crippen molar-refractivity contribution in [2.75, 3.05) is 6.61 Å². The number of ether oxygens (including phenoxy) is 1. The Labute approximate surface area is 136 Å². The van der Waals surface area contributed by atoms with Crippen molar-refractivity contribution < 1.29 is 14.9 Å².